The number of esters is 1. The van der Waals surface area contributed by atoms with Crippen molar-refractivity contribution in [3.05, 3.63) is 42.2 Å². The number of aromatic nitrogens is 1. The van der Waals surface area contributed by atoms with E-state index in [2.05, 4.69) is 10.3 Å². The minimum Gasteiger partial charge on any atom is -0.503 e. The monoisotopic (exact) mass is 528 g/mol. The van der Waals surface area contributed by atoms with E-state index in [1.807, 2.05) is 24.3 Å². The summed E-state index contributed by atoms with van der Waals surface area (Å²) in [6.07, 6.45) is 5.56. The van der Waals surface area contributed by atoms with E-state index >= 15 is 0 Å². The van der Waals surface area contributed by atoms with E-state index in [9.17, 15) is 14.7 Å². The van der Waals surface area contributed by atoms with Crippen LogP contribution in [0.3, 0.4) is 0 Å². The van der Waals surface area contributed by atoms with Gasteiger partial charge in [0.1, 0.15) is 35.9 Å². The second-order valence-corrected chi connectivity index (χ2v) is 9.65. The van der Waals surface area contributed by atoms with Gasteiger partial charge in [-0.2, -0.15) is 0 Å². The highest BCUT2D eigenvalue weighted by Gasteiger charge is 2.38. The number of carbonyl (C=O) groups is 2. The van der Waals surface area contributed by atoms with E-state index < -0.39 is 35.9 Å². The van der Waals surface area contributed by atoms with Crippen molar-refractivity contribution in [3.8, 4) is 23.0 Å². The van der Waals surface area contributed by atoms with Gasteiger partial charge in [0, 0.05) is 12.3 Å². The normalized spacial score (nSPS) is 24.4. The molecule has 1 amide bonds. The van der Waals surface area contributed by atoms with Crippen LogP contribution in [0.25, 0.3) is 0 Å². The number of nitrogens with zero attached hydrogens (tertiary/aromatic N) is 1. The summed E-state index contributed by atoms with van der Waals surface area (Å²) in [5.41, 5.74) is -0.228. The van der Waals surface area contributed by atoms with Gasteiger partial charge in [-0.3, -0.25) is 4.79 Å². The fourth-order valence-corrected chi connectivity index (χ4v) is 4.96. The highest BCUT2D eigenvalue weighted by Crippen LogP contribution is 2.31. The van der Waals surface area contributed by atoms with Gasteiger partial charge in [-0.15, -0.1) is 0 Å². The lowest BCUT2D eigenvalue weighted by Gasteiger charge is -2.33. The molecule has 2 N–H and O–H groups in total. The van der Waals surface area contributed by atoms with Gasteiger partial charge >= 0.3 is 5.97 Å². The summed E-state index contributed by atoms with van der Waals surface area (Å²) >= 11 is 0. The van der Waals surface area contributed by atoms with Crippen molar-refractivity contribution in [1.29, 1.82) is 0 Å². The molecule has 0 spiro atoms. The molecule has 38 heavy (non-hydrogen) atoms. The zero-order valence-electron chi connectivity index (χ0n) is 22.1. The van der Waals surface area contributed by atoms with Crippen LogP contribution < -0.4 is 19.5 Å². The average Bonchev–Trinajstić information content (AvgIpc) is 3.45. The van der Waals surface area contributed by atoms with E-state index in [-0.39, 0.29) is 23.7 Å². The Morgan fingerprint density at radius 3 is 2.39 bits per heavy atom. The highest BCUT2D eigenvalue weighted by atomic mass is 16.6. The molecule has 1 saturated carbocycles. The zero-order valence-corrected chi connectivity index (χ0v) is 22.1. The lowest BCUT2D eigenvalue weighted by atomic mass is 10.0. The first-order valence-electron chi connectivity index (χ1n) is 13.1. The number of hydrogen-bond donors (Lipinski definition) is 2. The van der Waals surface area contributed by atoms with E-state index in [1.165, 1.54) is 19.4 Å². The molecule has 1 aromatic heterocycles. The maximum Gasteiger partial charge on any atom is 0.329 e. The van der Waals surface area contributed by atoms with Crippen LogP contribution in [0.1, 0.15) is 62.4 Å². The Morgan fingerprint density at radius 1 is 1.00 bits per heavy atom. The molecule has 1 aliphatic carbocycles. The van der Waals surface area contributed by atoms with E-state index in [1.54, 1.807) is 14.0 Å². The van der Waals surface area contributed by atoms with Gasteiger partial charge in [-0.1, -0.05) is 12.8 Å². The van der Waals surface area contributed by atoms with E-state index in [0.29, 0.717) is 25.0 Å². The van der Waals surface area contributed by atoms with Crippen LogP contribution in [-0.2, 0) is 14.3 Å². The summed E-state index contributed by atoms with van der Waals surface area (Å²) in [6, 6.07) is 7.85. The molecule has 2 heterocycles. The molecule has 0 bridgehead atoms. The number of pyridine rings is 1. The van der Waals surface area contributed by atoms with Crippen molar-refractivity contribution in [2.24, 2.45) is 0 Å². The quantitative estimate of drug-likeness (QED) is 0.492. The van der Waals surface area contributed by atoms with Crippen LogP contribution in [0.2, 0.25) is 0 Å². The number of nitrogens with one attached hydrogen (secondary N) is 1. The van der Waals surface area contributed by atoms with Crippen molar-refractivity contribution < 1.29 is 38.4 Å². The lowest BCUT2D eigenvalue weighted by molar-refractivity contribution is -0.168. The molecule has 10 heteroatoms. The summed E-state index contributed by atoms with van der Waals surface area (Å²) in [7, 11) is 2.98. The molecule has 2 aromatic rings. The Kier molecular flexibility index (Phi) is 9.28. The molecule has 2 aliphatic rings. The molecule has 1 saturated heterocycles. The van der Waals surface area contributed by atoms with Crippen LogP contribution in [0, 0.1) is 0 Å². The van der Waals surface area contributed by atoms with Crippen molar-refractivity contribution in [3.63, 3.8) is 0 Å². The van der Waals surface area contributed by atoms with Crippen molar-refractivity contribution in [2.75, 3.05) is 14.2 Å². The third kappa shape index (κ3) is 6.66. The van der Waals surface area contributed by atoms with Gasteiger partial charge in [0.25, 0.3) is 5.91 Å². The summed E-state index contributed by atoms with van der Waals surface area (Å²) in [6.45, 7) is 1.79. The van der Waals surface area contributed by atoms with E-state index in [0.717, 1.165) is 31.4 Å². The number of carbonyl (C=O) groups excluding carboxylic acids is 2. The fourth-order valence-electron chi connectivity index (χ4n) is 4.96. The van der Waals surface area contributed by atoms with Gasteiger partial charge in [0.15, 0.2) is 17.2 Å². The zero-order chi connectivity index (χ0) is 27.1. The first-order chi connectivity index (χ1) is 18.4. The number of methoxy groups -OCH3 is 2. The summed E-state index contributed by atoms with van der Waals surface area (Å²) < 4.78 is 29.0. The van der Waals surface area contributed by atoms with Crippen molar-refractivity contribution in [2.45, 2.75) is 82.3 Å². The van der Waals surface area contributed by atoms with Crippen molar-refractivity contribution in [1.82, 2.24) is 10.3 Å². The van der Waals surface area contributed by atoms with Crippen LogP contribution >= 0.6 is 0 Å². The third-order valence-corrected chi connectivity index (χ3v) is 7.02. The van der Waals surface area contributed by atoms with Crippen LogP contribution in [0.15, 0.2) is 36.5 Å². The Labute approximate surface area is 222 Å². The van der Waals surface area contributed by atoms with Gasteiger partial charge in [-0.25, -0.2) is 9.78 Å². The number of aromatic hydroxyl groups is 1. The number of hydrogen-bond acceptors (Lipinski definition) is 9. The lowest BCUT2D eigenvalue weighted by Crippen LogP contribution is -2.47. The van der Waals surface area contributed by atoms with Crippen LogP contribution in [0.5, 0.6) is 23.0 Å². The summed E-state index contributed by atoms with van der Waals surface area (Å²) in [5.74, 6) is -0.157. The van der Waals surface area contributed by atoms with Gasteiger partial charge < -0.3 is 34.1 Å². The second-order valence-electron chi connectivity index (χ2n) is 9.65. The molecule has 1 aliphatic heterocycles. The summed E-state index contributed by atoms with van der Waals surface area (Å²) in [5, 5.41) is 13.0. The Morgan fingerprint density at radius 2 is 1.71 bits per heavy atom. The maximum atomic E-state index is 13.2. The standard InChI is InChI=1S/C28H36N2O8/c1-17-26(38-19-7-4-5-8-19)23(37-20-13-11-18(34-2)12-14-20)10-6-9-21(28(33)36-17)30-27(32)24-25(31)22(35-3)15-16-29-24/h11-17,19,21,23,26,31H,4-10H2,1-3H3,(H,30,32). The second kappa shape index (κ2) is 12.8. The first-order valence-corrected chi connectivity index (χ1v) is 13.1. The molecular weight excluding hydrogens is 492 g/mol. The maximum absolute atomic E-state index is 13.2. The predicted octanol–water partition coefficient (Wildman–Crippen LogP) is 3.79. The molecule has 4 rings (SSSR count). The Bertz CT molecular complexity index is 1090. The molecular formula is C28H36N2O8. The van der Waals surface area contributed by atoms with Crippen LogP contribution in [-0.4, -0.2) is 66.6 Å². The molecule has 0 radical (unpaired) electrons. The molecule has 4 unspecified atom stereocenters. The van der Waals surface area contributed by atoms with Crippen molar-refractivity contribution >= 4 is 11.9 Å². The highest BCUT2D eigenvalue weighted by molar-refractivity contribution is 5.97. The Balaban J connectivity index is 1.51. The average molecular weight is 529 g/mol. The number of rotatable bonds is 8. The van der Waals surface area contributed by atoms with Gasteiger partial charge in [0.05, 0.1) is 20.3 Å². The van der Waals surface area contributed by atoms with Gasteiger partial charge in [0.2, 0.25) is 0 Å². The largest absolute Gasteiger partial charge is 0.503 e. The SMILES string of the molecule is COc1ccc(OC2CCCC(NC(=O)c3nccc(OC)c3O)C(=O)OC(C)C2OC2CCCC2)cc1. The van der Waals surface area contributed by atoms with Crippen LogP contribution in [0.4, 0.5) is 0 Å². The molecule has 10 nitrogen and oxygen atoms in total. The smallest absolute Gasteiger partial charge is 0.329 e. The summed E-state index contributed by atoms with van der Waals surface area (Å²) in [4.78, 5) is 30.0. The van der Waals surface area contributed by atoms with Gasteiger partial charge in [-0.05, 0) is 63.3 Å². The predicted molar refractivity (Wildman–Crippen MR) is 138 cm³/mol. The van der Waals surface area contributed by atoms with E-state index in [4.69, 9.17) is 23.7 Å². The number of benzene rings is 1. The molecule has 4 atom stereocenters. The molecule has 1 aromatic carbocycles. The fraction of sp³-hybridized carbons (Fsp3) is 0.536. The minimum absolute atomic E-state index is 0.0847. The molecule has 206 valence electrons. The third-order valence-electron chi connectivity index (χ3n) is 7.02. The minimum atomic E-state index is -0.927. The number of amides is 1. The number of ether oxygens (including phenoxy) is 5. The Hall–Kier alpha value is -3.53. The number of cyclic esters (lactones) is 1. The first kappa shape index (κ1) is 27.5. The molecule has 2 fully saturated rings. The topological polar surface area (TPSA) is 125 Å².